The fourth-order valence-electron chi connectivity index (χ4n) is 2.38. The Kier molecular flexibility index (Phi) is 5.60. The van der Waals surface area contributed by atoms with Crippen LogP contribution in [0.5, 0.6) is 0 Å². The second-order valence-corrected chi connectivity index (χ2v) is 6.74. The molecule has 1 N–H and O–H groups in total. The van der Waals surface area contributed by atoms with Crippen molar-refractivity contribution in [3.8, 4) is 0 Å². The van der Waals surface area contributed by atoms with Gasteiger partial charge in [0.15, 0.2) is 0 Å². The highest BCUT2D eigenvalue weighted by atomic mass is 79.9. The minimum absolute atomic E-state index is 0.825. The summed E-state index contributed by atoms with van der Waals surface area (Å²) >= 11 is 7.00. The van der Waals surface area contributed by atoms with Gasteiger partial charge in [-0.1, -0.05) is 0 Å². The summed E-state index contributed by atoms with van der Waals surface area (Å²) in [6.07, 6.45) is 4.44. The van der Waals surface area contributed by atoms with E-state index in [0.717, 1.165) is 33.6 Å². The third kappa shape index (κ3) is 4.30. The lowest BCUT2D eigenvalue weighted by molar-refractivity contribution is 0.232. The van der Waals surface area contributed by atoms with Gasteiger partial charge in [0.05, 0.1) is 5.69 Å². The van der Waals surface area contributed by atoms with Crippen LogP contribution in [-0.4, -0.2) is 36.6 Å². The van der Waals surface area contributed by atoms with E-state index in [9.17, 15) is 0 Å². The Labute approximate surface area is 126 Å². The van der Waals surface area contributed by atoms with Crippen molar-refractivity contribution in [2.45, 2.75) is 19.4 Å². The predicted molar refractivity (Wildman–Crippen MR) is 81.6 cm³/mol. The van der Waals surface area contributed by atoms with E-state index < -0.39 is 0 Å². The van der Waals surface area contributed by atoms with Crippen molar-refractivity contribution in [1.82, 2.24) is 15.2 Å². The number of nitrogens with zero attached hydrogens (tertiary/aromatic N) is 2. The zero-order chi connectivity index (χ0) is 13.0. The standard InChI is InChI=1S/C13H19Br2N3/c1-18(8-10-2-4-16-5-3-10)9-13-12(15)6-11(14)7-17-13/h6-7,10,16H,2-5,8-9H2,1H3. The van der Waals surface area contributed by atoms with Crippen LogP contribution in [0, 0.1) is 5.92 Å². The van der Waals surface area contributed by atoms with Gasteiger partial charge in [-0.25, -0.2) is 0 Å². The summed E-state index contributed by atoms with van der Waals surface area (Å²) in [6.45, 7) is 4.39. The summed E-state index contributed by atoms with van der Waals surface area (Å²) in [7, 11) is 2.18. The maximum atomic E-state index is 4.46. The Morgan fingerprint density at radius 3 is 2.78 bits per heavy atom. The normalized spacial score (nSPS) is 17.3. The Morgan fingerprint density at radius 1 is 1.39 bits per heavy atom. The molecule has 100 valence electrons. The van der Waals surface area contributed by atoms with Gasteiger partial charge in [0.25, 0.3) is 0 Å². The van der Waals surface area contributed by atoms with Crippen molar-refractivity contribution >= 4 is 31.9 Å². The highest BCUT2D eigenvalue weighted by Gasteiger charge is 2.15. The number of pyridine rings is 1. The molecule has 3 nitrogen and oxygen atoms in total. The molecule has 0 bridgehead atoms. The summed E-state index contributed by atoms with van der Waals surface area (Å²) in [5, 5.41) is 3.41. The zero-order valence-electron chi connectivity index (χ0n) is 10.6. The van der Waals surface area contributed by atoms with E-state index in [1.807, 2.05) is 6.20 Å². The Hall–Kier alpha value is 0.0300. The Bertz CT molecular complexity index is 392. The van der Waals surface area contributed by atoms with Crippen molar-refractivity contribution in [3.63, 3.8) is 0 Å². The average Bonchev–Trinajstić information content (AvgIpc) is 2.34. The average molecular weight is 377 g/mol. The molecule has 2 rings (SSSR count). The molecule has 2 heterocycles. The number of hydrogen-bond donors (Lipinski definition) is 1. The molecule has 1 saturated heterocycles. The first-order valence-electron chi connectivity index (χ1n) is 6.34. The van der Waals surface area contributed by atoms with E-state index in [1.165, 1.54) is 25.9 Å². The molecule has 0 aromatic carbocycles. The largest absolute Gasteiger partial charge is 0.317 e. The lowest BCUT2D eigenvalue weighted by Crippen LogP contribution is -2.34. The van der Waals surface area contributed by atoms with Crippen LogP contribution in [0.4, 0.5) is 0 Å². The first-order valence-corrected chi connectivity index (χ1v) is 7.93. The van der Waals surface area contributed by atoms with Crippen LogP contribution in [0.1, 0.15) is 18.5 Å². The molecule has 1 fully saturated rings. The molecule has 1 aliphatic heterocycles. The highest BCUT2D eigenvalue weighted by molar-refractivity contribution is 9.11. The molecule has 1 aromatic heterocycles. The number of rotatable bonds is 4. The molecule has 0 aliphatic carbocycles. The van der Waals surface area contributed by atoms with Crippen molar-refractivity contribution in [2.24, 2.45) is 5.92 Å². The van der Waals surface area contributed by atoms with Gasteiger partial charge >= 0.3 is 0 Å². The van der Waals surface area contributed by atoms with Gasteiger partial charge < -0.3 is 10.2 Å². The van der Waals surface area contributed by atoms with Gasteiger partial charge in [-0.05, 0) is 76.8 Å². The van der Waals surface area contributed by atoms with Crippen LogP contribution in [0.2, 0.25) is 0 Å². The maximum absolute atomic E-state index is 4.46. The summed E-state index contributed by atoms with van der Waals surface area (Å²) in [4.78, 5) is 6.84. The van der Waals surface area contributed by atoms with E-state index in [0.29, 0.717) is 0 Å². The van der Waals surface area contributed by atoms with Crippen molar-refractivity contribution < 1.29 is 0 Å². The minimum Gasteiger partial charge on any atom is -0.317 e. The monoisotopic (exact) mass is 375 g/mol. The molecule has 0 radical (unpaired) electrons. The topological polar surface area (TPSA) is 28.2 Å². The molecule has 0 unspecified atom stereocenters. The third-order valence-corrected chi connectivity index (χ3v) is 4.45. The molecule has 0 saturated carbocycles. The smallest absolute Gasteiger partial charge is 0.0686 e. The molecule has 0 atom stereocenters. The molecule has 0 spiro atoms. The summed E-state index contributed by atoms with van der Waals surface area (Å²) in [5.41, 5.74) is 1.11. The maximum Gasteiger partial charge on any atom is 0.0686 e. The van der Waals surface area contributed by atoms with Crippen LogP contribution in [0.25, 0.3) is 0 Å². The van der Waals surface area contributed by atoms with E-state index >= 15 is 0 Å². The molecular weight excluding hydrogens is 358 g/mol. The van der Waals surface area contributed by atoms with Crippen molar-refractivity contribution in [3.05, 3.63) is 26.9 Å². The Balaban J connectivity index is 1.87. The van der Waals surface area contributed by atoms with Gasteiger partial charge in [0.1, 0.15) is 0 Å². The molecule has 5 heteroatoms. The van der Waals surface area contributed by atoms with Crippen LogP contribution < -0.4 is 5.32 Å². The predicted octanol–water partition coefficient (Wildman–Crippen LogP) is 3.04. The summed E-state index contributed by atoms with van der Waals surface area (Å²) in [6, 6.07) is 2.06. The lowest BCUT2D eigenvalue weighted by atomic mass is 9.98. The van der Waals surface area contributed by atoms with Crippen LogP contribution >= 0.6 is 31.9 Å². The first-order chi connectivity index (χ1) is 8.65. The van der Waals surface area contributed by atoms with Gasteiger partial charge in [0, 0.05) is 28.2 Å². The molecule has 18 heavy (non-hydrogen) atoms. The number of hydrogen-bond acceptors (Lipinski definition) is 3. The van der Waals surface area contributed by atoms with E-state index in [2.05, 4.69) is 60.2 Å². The number of nitrogens with one attached hydrogen (secondary N) is 1. The second kappa shape index (κ2) is 6.98. The van der Waals surface area contributed by atoms with Gasteiger partial charge in [-0.15, -0.1) is 0 Å². The van der Waals surface area contributed by atoms with Crippen molar-refractivity contribution in [1.29, 1.82) is 0 Å². The van der Waals surface area contributed by atoms with Gasteiger partial charge in [-0.3, -0.25) is 4.98 Å². The number of piperidine rings is 1. The van der Waals surface area contributed by atoms with Crippen molar-refractivity contribution in [2.75, 3.05) is 26.7 Å². The fraction of sp³-hybridized carbons (Fsp3) is 0.615. The van der Waals surface area contributed by atoms with Gasteiger partial charge in [-0.2, -0.15) is 0 Å². The second-order valence-electron chi connectivity index (χ2n) is 4.97. The van der Waals surface area contributed by atoms with Crippen LogP contribution in [0.3, 0.4) is 0 Å². The molecular formula is C13H19Br2N3. The fourth-order valence-corrected chi connectivity index (χ4v) is 3.50. The zero-order valence-corrected chi connectivity index (χ0v) is 13.8. The summed E-state index contributed by atoms with van der Waals surface area (Å²) in [5.74, 6) is 0.825. The van der Waals surface area contributed by atoms with E-state index in [-0.39, 0.29) is 0 Å². The molecule has 0 amide bonds. The number of halogens is 2. The minimum atomic E-state index is 0.825. The summed E-state index contributed by atoms with van der Waals surface area (Å²) < 4.78 is 2.09. The first kappa shape index (κ1) is 14.4. The SMILES string of the molecule is CN(Cc1ncc(Br)cc1Br)CC1CCNCC1. The van der Waals surface area contributed by atoms with Crippen LogP contribution in [0.15, 0.2) is 21.2 Å². The van der Waals surface area contributed by atoms with E-state index in [1.54, 1.807) is 0 Å². The molecule has 1 aromatic rings. The lowest BCUT2D eigenvalue weighted by Gasteiger charge is -2.27. The van der Waals surface area contributed by atoms with Gasteiger partial charge in [0.2, 0.25) is 0 Å². The third-order valence-electron chi connectivity index (χ3n) is 3.33. The molecule has 1 aliphatic rings. The highest BCUT2D eigenvalue weighted by Crippen LogP contribution is 2.21. The van der Waals surface area contributed by atoms with Crippen LogP contribution in [-0.2, 0) is 6.54 Å². The van der Waals surface area contributed by atoms with E-state index in [4.69, 9.17) is 0 Å². The Morgan fingerprint density at radius 2 is 2.11 bits per heavy atom. The quantitative estimate of drug-likeness (QED) is 0.875. The number of aromatic nitrogens is 1.